The van der Waals surface area contributed by atoms with Gasteiger partial charge in [-0.15, -0.1) is 5.10 Å². The molecule has 0 radical (unpaired) electrons. The van der Waals surface area contributed by atoms with Crippen LogP contribution in [0.1, 0.15) is 28.9 Å². The van der Waals surface area contributed by atoms with E-state index >= 15 is 0 Å². The Hall–Kier alpha value is -2.83. The fraction of sp³-hybridized carbons (Fsp3) is 0.200. The lowest BCUT2D eigenvalue weighted by atomic mass is 10.1. The summed E-state index contributed by atoms with van der Waals surface area (Å²) in [5, 5.41) is 11.1. The van der Waals surface area contributed by atoms with E-state index in [2.05, 4.69) is 15.5 Å². The maximum atomic E-state index is 13.0. The minimum atomic E-state index is -0.297. The molecule has 112 valence electrons. The fourth-order valence-electron chi connectivity index (χ4n) is 2.22. The van der Waals surface area contributed by atoms with Crippen molar-refractivity contribution < 1.29 is 9.18 Å². The average Bonchev–Trinajstić information content (AvgIpc) is 3.01. The van der Waals surface area contributed by atoms with E-state index in [1.54, 1.807) is 42.4 Å². The second-order valence-corrected chi connectivity index (χ2v) is 5.04. The van der Waals surface area contributed by atoms with Crippen molar-refractivity contribution in [1.82, 2.24) is 24.9 Å². The molecule has 0 saturated heterocycles. The summed E-state index contributed by atoms with van der Waals surface area (Å²) in [6, 6.07) is 9.25. The molecule has 0 N–H and O–H groups in total. The van der Waals surface area contributed by atoms with E-state index in [0.29, 0.717) is 11.2 Å². The molecule has 1 atom stereocenters. The van der Waals surface area contributed by atoms with E-state index in [1.807, 2.05) is 6.92 Å². The lowest BCUT2D eigenvalue weighted by molar-refractivity contribution is 0.0742. The van der Waals surface area contributed by atoms with Gasteiger partial charge in [0.05, 0.1) is 6.04 Å². The molecule has 0 bridgehead atoms. The highest BCUT2D eigenvalue weighted by Crippen LogP contribution is 2.21. The molecule has 2 aromatic heterocycles. The Morgan fingerprint density at radius 3 is 2.73 bits per heavy atom. The van der Waals surface area contributed by atoms with Crippen LogP contribution in [0.5, 0.6) is 0 Å². The van der Waals surface area contributed by atoms with Gasteiger partial charge >= 0.3 is 0 Å². The average molecular weight is 299 g/mol. The van der Waals surface area contributed by atoms with Crippen molar-refractivity contribution in [3.63, 3.8) is 0 Å². The van der Waals surface area contributed by atoms with Crippen molar-refractivity contribution in [3.8, 4) is 0 Å². The molecule has 1 amide bonds. The summed E-state index contributed by atoms with van der Waals surface area (Å²) in [7, 11) is 1.71. The van der Waals surface area contributed by atoms with E-state index in [-0.39, 0.29) is 17.8 Å². The molecule has 7 heteroatoms. The minimum absolute atomic E-state index is 0.151. The standard InChI is InChI=1S/C15H14FN5O/c1-10(11-3-5-13(16)6-4-11)20(2)15(22)12-7-8-21-14(9-12)17-18-19-21/h3-10H,1-2H3/t10-/m0/s1. The Morgan fingerprint density at radius 1 is 1.27 bits per heavy atom. The van der Waals surface area contributed by atoms with Crippen LogP contribution in [0.4, 0.5) is 4.39 Å². The number of benzene rings is 1. The molecule has 0 aliphatic rings. The van der Waals surface area contributed by atoms with Crippen molar-refractivity contribution in [2.24, 2.45) is 0 Å². The number of amides is 1. The zero-order valence-electron chi connectivity index (χ0n) is 12.1. The third-order valence-corrected chi connectivity index (χ3v) is 3.70. The van der Waals surface area contributed by atoms with Crippen LogP contribution in [-0.2, 0) is 0 Å². The number of carbonyl (C=O) groups excluding carboxylic acids is 1. The molecular weight excluding hydrogens is 285 g/mol. The first-order chi connectivity index (χ1) is 10.6. The highest BCUT2D eigenvalue weighted by molar-refractivity contribution is 5.95. The quantitative estimate of drug-likeness (QED) is 0.743. The maximum Gasteiger partial charge on any atom is 0.254 e. The molecule has 0 aliphatic heterocycles. The molecule has 2 heterocycles. The number of pyridine rings is 1. The van der Waals surface area contributed by atoms with Crippen molar-refractivity contribution in [3.05, 3.63) is 59.5 Å². The number of rotatable bonds is 3. The van der Waals surface area contributed by atoms with Crippen LogP contribution in [0.3, 0.4) is 0 Å². The van der Waals surface area contributed by atoms with E-state index in [1.165, 1.54) is 16.6 Å². The van der Waals surface area contributed by atoms with Gasteiger partial charge in [0.2, 0.25) is 0 Å². The summed E-state index contributed by atoms with van der Waals surface area (Å²) in [6.07, 6.45) is 1.64. The Balaban J connectivity index is 1.85. The molecular formula is C15H14FN5O. The first-order valence-corrected chi connectivity index (χ1v) is 6.76. The molecule has 0 aliphatic carbocycles. The molecule has 0 unspecified atom stereocenters. The Bertz CT molecular complexity index is 814. The van der Waals surface area contributed by atoms with Gasteiger partial charge in [-0.2, -0.15) is 0 Å². The Morgan fingerprint density at radius 2 is 2.00 bits per heavy atom. The summed E-state index contributed by atoms with van der Waals surface area (Å²) in [5.41, 5.74) is 1.87. The summed E-state index contributed by atoms with van der Waals surface area (Å²) in [4.78, 5) is 14.2. The number of halogens is 1. The number of nitrogens with zero attached hydrogens (tertiary/aromatic N) is 5. The van der Waals surface area contributed by atoms with Gasteiger partial charge in [-0.1, -0.05) is 12.1 Å². The van der Waals surface area contributed by atoms with Gasteiger partial charge in [0.1, 0.15) is 5.82 Å². The third-order valence-electron chi connectivity index (χ3n) is 3.70. The molecule has 1 aromatic carbocycles. The third kappa shape index (κ3) is 2.52. The van der Waals surface area contributed by atoms with Gasteiger partial charge in [-0.05, 0) is 47.2 Å². The first-order valence-electron chi connectivity index (χ1n) is 6.76. The first kappa shape index (κ1) is 14.1. The lowest BCUT2D eigenvalue weighted by Gasteiger charge is -2.25. The normalized spacial score (nSPS) is 12.3. The lowest BCUT2D eigenvalue weighted by Crippen LogP contribution is -2.29. The summed E-state index contributed by atoms with van der Waals surface area (Å²) in [5.74, 6) is -0.447. The number of carbonyl (C=O) groups is 1. The van der Waals surface area contributed by atoms with Crippen LogP contribution in [0, 0.1) is 5.82 Å². The predicted octanol–water partition coefficient (Wildman–Crippen LogP) is 2.10. The predicted molar refractivity (Wildman–Crippen MR) is 77.7 cm³/mol. The van der Waals surface area contributed by atoms with Crippen LogP contribution in [0.2, 0.25) is 0 Å². The molecule has 0 spiro atoms. The number of hydrogen-bond donors (Lipinski definition) is 0. The zero-order chi connectivity index (χ0) is 15.7. The fourth-order valence-corrected chi connectivity index (χ4v) is 2.22. The molecule has 3 aromatic rings. The van der Waals surface area contributed by atoms with Crippen LogP contribution < -0.4 is 0 Å². The zero-order valence-corrected chi connectivity index (χ0v) is 12.1. The summed E-state index contributed by atoms with van der Waals surface area (Å²) < 4.78 is 14.5. The maximum absolute atomic E-state index is 13.0. The van der Waals surface area contributed by atoms with Crippen LogP contribution in [-0.4, -0.2) is 37.9 Å². The number of hydrogen-bond acceptors (Lipinski definition) is 4. The smallest absolute Gasteiger partial charge is 0.254 e. The molecule has 0 saturated carbocycles. The van der Waals surface area contributed by atoms with E-state index in [4.69, 9.17) is 0 Å². The van der Waals surface area contributed by atoms with Gasteiger partial charge in [0.25, 0.3) is 5.91 Å². The van der Waals surface area contributed by atoms with E-state index in [0.717, 1.165) is 5.56 Å². The molecule has 22 heavy (non-hydrogen) atoms. The molecule has 6 nitrogen and oxygen atoms in total. The van der Waals surface area contributed by atoms with Crippen LogP contribution in [0.25, 0.3) is 5.65 Å². The number of tetrazole rings is 1. The van der Waals surface area contributed by atoms with Crippen molar-refractivity contribution in [2.45, 2.75) is 13.0 Å². The van der Waals surface area contributed by atoms with Gasteiger partial charge in [0.15, 0.2) is 5.65 Å². The second-order valence-electron chi connectivity index (χ2n) is 5.04. The number of aromatic nitrogens is 4. The van der Waals surface area contributed by atoms with Crippen molar-refractivity contribution >= 4 is 11.6 Å². The molecule has 0 fully saturated rings. The van der Waals surface area contributed by atoms with Crippen molar-refractivity contribution in [1.29, 1.82) is 0 Å². The van der Waals surface area contributed by atoms with Crippen LogP contribution in [0.15, 0.2) is 42.6 Å². The highest BCUT2D eigenvalue weighted by atomic mass is 19.1. The van der Waals surface area contributed by atoms with Gasteiger partial charge < -0.3 is 4.90 Å². The van der Waals surface area contributed by atoms with Crippen molar-refractivity contribution in [2.75, 3.05) is 7.05 Å². The van der Waals surface area contributed by atoms with Crippen LogP contribution >= 0.6 is 0 Å². The highest BCUT2D eigenvalue weighted by Gasteiger charge is 2.19. The summed E-state index contributed by atoms with van der Waals surface area (Å²) in [6.45, 7) is 1.89. The SMILES string of the molecule is C[C@@H](c1ccc(F)cc1)N(C)C(=O)c1ccn2nnnc2c1. The van der Waals surface area contributed by atoms with E-state index in [9.17, 15) is 9.18 Å². The number of fused-ring (bicyclic) bond motifs is 1. The largest absolute Gasteiger partial charge is 0.335 e. The topological polar surface area (TPSA) is 63.4 Å². The van der Waals surface area contributed by atoms with Gasteiger partial charge in [-0.25, -0.2) is 8.91 Å². The second kappa shape index (κ2) is 5.51. The van der Waals surface area contributed by atoms with Gasteiger partial charge in [-0.3, -0.25) is 4.79 Å². The van der Waals surface area contributed by atoms with E-state index < -0.39 is 0 Å². The minimum Gasteiger partial charge on any atom is -0.335 e. The Kier molecular flexibility index (Phi) is 3.54. The summed E-state index contributed by atoms with van der Waals surface area (Å²) >= 11 is 0. The Labute approximate surface area is 126 Å². The molecule has 3 rings (SSSR count). The monoisotopic (exact) mass is 299 g/mol. The van der Waals surface area contributed by atoms with Gasteiger partial charge in [0, 0.05) is 18.8 Å².